The molecule has 1 amide bonds. The quantitative estimate of drug-likeness (QED) is 0.531. The molecule has 1 aromatic rings. The Morgan fingerprint density at radius 1 is 1.46 bits per heavy atom. The number of nitriles is 1. The molecule has 13 heavy (non-hydrogen) atoms. The van der Waals surface area contributed by atoms with Gasteiger partial charge in [0.1, 0.15) is 0 Å². The van der Waals surface area contributed by atoms with E-state index < -0.39 is 0 Å². The van der Waals surface area contributed by atoms with Gasteiger partial charge in [-0.3, -0.25) is 9.10 Å². The van der Waals surface area contributed by atoms with E-state index in [2.05, 4.69) is 0 Å². The molecule has 0 aliphatic carbocycles. The molecule has 1 aromatic carbocycles. The van der Waals surface area contributed by atoms with Crippen molar-refractivity contribution in [2.75, 3.05) is 7.05 Å². The summed E-state index contributed by atoms with van der Waals surface area (Å²) >= 11 is 0.824. The van der Waals surface area contributed by atoms with Crippen molar-refractivity contribution in [3.05, 3.63) is 35.9 Å². The van der Waals surface area contributed by atoms with Crippen LogP contribution in [0.2, 0.25) is 0 Å². The molecule has 0 heterocycles. The molecular weight excluding hydrogens is 184 g/mol. The van der Waals surface area contributed by atoms with Gasteiger partial charge in [-0.2, -0.15) is 5.26 Å². The number of carbonyl (C=O) groups is 1. The predicted molar refractivity (Wildman–Crippen MR) is 51.7 cm³/mol. The number of carbonyl (C=O) groups excluding carboxylic acids is 1. The number of benzene rings is 1. The van der Waals surface area contributed by atoms with E-state index in [-0.39, 0.29) is 5.91 Å². The Balaban J connectivity index is 2.75. The van der Waals surface area contributed by atoms with Crippen molar-refractivity contribution in [1.29, 1.82) is 5.26 Å². The molecule has 4 heteroatoms. The first-order chi connectivity index (χ1) is 6.25. The summed E-state index contributed by atoms with van der Waals surface area (Å²) in [4.78, 5) is 11.5. The standard InChI is InChI=1S/C9H8N2OS/c1-11(13-7-10)9(12)8-5-3-2-4-6-8/h2-6H,1H3. The number of hydrogen-bond acceptors (Lipinski definition) is 3. The van der Waals surface area contributed by atoms with E-state index in [4.69, 9.17) is 5.26 Å². The Hall–Kier alpha value is -1.47. The highest BCUT2D eigenvalue weighted by atomic mass is 32.2. The summed E-state index contributed by atoms with van der Waals surface area (Å²) in [6, 6.07) is 8.86. The van der Waals surface area contributed by atoms with Crippen LogP contribution in [0.1, 0.15) is 10.4 Å². The number of thiocyanates is 1. The average Bonchev–Trinajstić information content (AvgIpc) is 2.18. The predicted octanol–water partition coefficient (Wildman–Crippen LogP) is 1.89. The molecular formula is C9H8N2OS. The lowest BCUT2D eigenvalue weighted by atomic mass is 10.2. The first kappa shape index (κ1) is 9.62. The molecule has 66 valence electrons. The van der Waals surface area contributed by atoms with Gasteiger partial charge in [0.2, 0.25) is 0 Å². The first-order valence-corrected chi connectivity index (χ1v) is 4.42. The van der Waals surface area contributed by atoms with E-state index in [1.54, 1.807) is 31.3 Å². The fourth-order valence-electron chi connectivity index (χ4n) is 0.865. The molecule has 0 saturated carbocycles. The highest BCUT2D eigenvalue weighted by Crippen LogP contribution is 2.10. The summed E-state index contributed by atoms with van der Waals surface area (Å²) in [7, 11) is 1.57. The second-order valence-electron chi connectivity index (χ2n) is 2.35. The lowest BCUT2D eigenvalue weighted by Crippen LogP contribution is -2.18. The molecule has 0 aromatic heterocycles. The van der Waals surface area contributed by atoms with Gasteiger partial charge in [0.15, 0.2) is 5.40 Å². The van der Waals surface area contributed by atoms with Crippen LogP contribution in [0.5, 0.6) is 0 Å². The van der Waals surface area contributed by atoms with Crippen LogP contribution in [0.4, 0.5) is 0 Å². The Bertz CT molecular complexity index is 331. The van der Waals surface area contributed by atoms with Crippen LogP contribution in [0.15, 0.2) is 30.3 Å². The zero-order valence-corrected chi connectivity index (χ0v) is 7.91. The smallest absolute Gasteiger partial charge is 0.264 e. The minimum absolute atomic E-state index is 0.160. The zero-order chi connectivity index (χ0) is 9.68. The maximum Gasteiger partial charge on any atom is 0.264 e. The molecule has 0 fully saturated rings. The maximum absolute atomic E-state index is 11.5. The summed E-state index contributed by atoms with van der Waals surface area (Å²) in [5.74, 6) is -0.160. The summed E-state index contributed by atoms with van der Waals surface area (Å²) in [5.41, 5.74) is 0.591. The summed E-state index contributed by atoms with van der Waals surface area (Å²) in [6.07, 6.45) is 0. The number of nitrogens with zero attached hydrogens (tertiary/aromatic N) is 2. The molecule has 0 unspecified atom stereocenters. The molecule has 3 nitrogen and oxygen atoms in total. The molecule has 0 radical (unpaired) electrons. The Kier molecular flexibility index (Phi) is 3.35. The van der Waals surface area contributed by atoms with E-state index in [0.717, 1.165) is 11.9 Å². The van der Waals surface area contributed by atoms with Crippen molar-refractivity contribution < 1.29 is 4.79 Å². The van der Waals surface area contributed by atoms with Crippen LogP contribution in [0, 0.1) is 10.7 Å². The van der Waals surface area contributed by atoms with Crippen molar-refractivity contribution in [2.24, 2.45) is 0 Å². The van der Waals surface area contributed by atoms with Crippen LogP contribution >= 0.6 is 11.9 Å². The van der Waals surface area contributed by atoms with E-state index in [9.17, 15) is 4.79 Å². The van der Waals surface area contributed by atoms with Gasteiger partial charge in [-0.1, -0.05) is 18.2 Å². The molecule has 0 aliphatic rings. The second-order valence-corrected chi connectivity index (χ2v) is 3.26. The van der Waals surface area contributed by atoms with Crippen LogP contribution < -0.4 is 0 Å². The summed E-state index contributed by atoms with van der Waals surface area (Å²) in [5, 5.41) is 10.2. The van der Waals surface area contributed by atoms with Gasteiger partial charge in [-0.05, 0) is 12.1 Å². The highest BCUT2D eigenvalue weighted by molar-refractivity contribution is 8.01. The van der Waals surface area contributed by atoms with Gasteiger partial charge in [0.25, 0.3) is 5.91 Å². The fraction of sp³-hybridized carbons (Fsp3) is 0.111. The molecule has 0 spiro atoms. The van der Waals surface area contributed by atoms with E-state index in [1.807, 2.05) is 11.5 Å². The third-order valence-corrected chi connectivity index (χ3v) is 2.01. The van der Waals surface area contributed by atoms with Crippen molar-refractivity contribution in [2.45, 2.75) is 0 Å². The van der Waals surface area contributed by atoms with E-state index in [0.29, 0.717) is 5.56 Å². The van der Waals surface area contributed by atoms with Crippen molar-refractivity contribution in [3.63, 3.8) is 0 Å². The van der Waals surface area contributed by atoms with Crippen molar-refractivity contribution in [3.8, 4) is 5.40 Å². The monoisotopic (exact) mass is 192 g/mol. The first-order valence-electron chi connectivity index (χ1n) is 3.65. The third kappa shape index (κ3) is 2.49. The summed E-state index contributed by atoms with van der Waals surface area (Å²) < 4.78 is 1.30. The van der Waals surface area contributed by atoms with Crippen LogP contribution in [0.3, 0.4) is 0 Å². The Morgan fingerprint density at radius 2 is 2.08 bits per heavy atom. The molecule has 0 bridgehead atoms. The normalized spacial score (nSPS) is 8.92. The maximum atomic E-state index is 11.5. The van der Waals surface area contributed by atoms with Gasteiger partial charge >= 0.3 is 0 Å². The van der Waals surface area contributed by atoms with Gasteiger partial charge < -0.3 is 0 Å². The largest absolute Gasteiger partial charge is 0.273 e. The summed E-state index contributed by atoms with van der Waals surface area (Å²) in [6.45, 7) is 0. The highest BCUT2D eigenvalue weighted by Gasteiger charge is 2.10. The lowest BCUT2D eigenvalue weighted by molar-refractivity contribution is 0.0893. The third-order valence-electron chi connectivity index (χ3n) is 1.48. The van der Waals surface area contributed by atoms with Crippen LogP contribution in [0.25, 0.3) is 0 Å². The number of amides is 1. The molecule has 1 rings (SSSR count). The molecule has 0 saturated heterocycles. The van der Waals surface area contributed by atoms with Gasteiger partial charge in [-0.25, -0.2) is 0 Å². The second kappa shape index (κ2) is 4.53. The topological polar surface area (TPSA) is 44.1 Å². The number of rotatable bonds is 2. The van der Waals surface area contributed by atoms with Gasteiger partial charge in [0, 0.05) is 12.6 Å². The SMILES string of the molecule is CN(SC#N)C(=O)c1ccccc1. The van der Waals surface area contributed by atoms with Crippen molar-refractivity contribution >= 4 is 17.9 Å². The van der Waals surface area contributed by atoms with E-state index >= 15 is 0 Å². The number of hydrogen-bond donors (Lipinski definition) is 0. The minimum Gasteiger partial charge on any atom is -0.273 e. The van der Waals surface area contributed by atoms with Gasteiger partial charge in [0.05, 0.1) is 11.9 Å². The molecule has 0 N–H and O–H groups in total. The average molecular weight is 192 g/mol. The van der Waals surface area contributed by atoms with Crippen molar-refractivity contribution in [1.82, 2.24) is 4.31 Å². The van der Waals surface area contributed by atoms with Gasteiger partial charge in [-0.15, -0.1) is 0 Å². The minimum atomic E-state index is -0.160. The van der Waals surface area contributed by atoms with Crippen LogP contribution in [-0.4, -0.2) is 17.3 Å². The Labute approximate surface area is 81.1 Å². The lowest BCUT2D eigenvalue weighted by Gasteiger charge is -2.10. The Morgan fingerprint density at radius 3 is 2.62 bits per heavy atom. The fourth-order valence-corrected chi connectivity index (χ4v) is 1.18. The van der Waals surface area contributed by atoms with E-state index in [1.165, 1.54) is 4.31 Å². The molecule has 0 aliphatic heterocycles. The molecule has 0 atom stereocenters. The van der Waals surface area contributed by atoms with Crippen LogP contribution in [-0.2, 0) is 0 Å². The zero-order valence-electron chi connectivity index (χ0n) is 7.10.